The van der Waals surface area contributed by atoms with Crippen LogP contribution in [0, 0.1) is 0 Å². The standard InChI is InChI=1S/C23H30N4O3S/c28-21(25-15-19-7-4-14-30-19)20-16-31-22(26-20)18-9-12-27(13-10-18)23(29)24-11-8-17-5-2-1-3-6-17/h4-5,7,14,16,18H,1-3,6,8-13,15H2,(H,24,29)(H,25,28). The molecule has 2 aliphatic rings. The minimum atomic E-state index is -0.191. The number of rotatable bonds is 7. The molecule has 0 bridgehead atoms. The van der Waals surface area contributed by atoms with Gasteiger partial charge in [-0.15, -0.1) is 11.3 Å². The van der Waals surface area contributed by atoms with Crippen molar-refractivity contribution < 1.29 is 14.0 Å². The highest BCUT2D eigenvalue weighted by atomic mass is 32.1. The molecule has 0 saturated carbocycles. The first-order valence-electron chi connectivity index (χ1n) is 11.2. The summed E-state index contributed by atoms with van der Waals surface area (Å²) in [6.07, 6.45) is 11.6. The number of nitrogens with one attached hydrogen (secondary N) is 2. The molecule has 3 amide bonds. The van der Waals surface area contributed by atoms with E-state index >= 15 is 0 Å². The van der Waals surface area contributed by atoms with Crippen molar-refractivity contribution in [2.24, 2.45) is 0 Å². The Bertz CT molecular complexity index is 898. The van der Waals surface area contributed by atoms with Gasteiger partial charge in [0.2, 0.25) is 0 Å². The van der Waals surface area contributed by atoms with E-state index in [0.29, 0.717) is 30.5 Å². The Hall–Kier alpha value is -2.61. The number of likely N-dealkylation sites (tertiary alicyclic amines) is 1. The minimum absolute atomic E-state index is 0.0343. The predicted molar refractivity (Wildman–Crippen MR) is 120 cm³/mol. The number of hydrogen-bond donors (Lipinski definition) is 2. The van der Waals surface area contributed by atoms with E-state index in [1.807, 2.05) is 16.3 Å². The number of furan rings is 1. The van der Waals surface area contributed by atoms with Gasteiger partial charge in [-0.05, 0) is 57.1 Å². The van der Waals surface area contributed by atoms with Gasteiger partial charge in [0.05, 0.1) is 17.8 Å². The Morgan fingerprint density at radius 2 is 2.10 bits per heavy atom. The second-order valence-corrected chi connectivity index (χ2v) is 9.07. The molecule has 1 fully saturated rings. The summed E-state index contributed by atoms with van der Waals surface area (Å²) in [4.78, 5) is 31.2. The normalized spacial score (nSPS) is 17.3. The number of nitrogens with zero attached hydrogens (tertiary/aromatic N) is 2. The molecule has 0 spiro atoms. The zero-order valence-electron chi connectivity index (χ0n) is 17.8. The molecule has 7 nitrogen and oxygen atoms in total. The van der Waals surface area contributed by atoms with Crippen LogP contribution in [0.5, 0.6) is 0 Å². The van der Waals surface area contributed by atoms with Gasteiger partial charge in [-0.3, -0.25) is 4.79 Å². The lowest BCUT2D eigenvalue weighted by Gasteiger charge is -2.31. The molecule has 8 heteroatoms. The van der Waals surface area contributed by atoms with Crippen LogP contribution in [0.2, 0.25) is 0 Å². The fraction of sp³-hybridized carbons (Fsp3) is 0.522. The Balaban J connectivity index is 1.19. The summed E-state index contributed by atoms with van der Waals surface area (Å²) in [7, 11) is 0. The predicted octanol–water partition coefficient (Wildman–Crippen LogP) is 4.45. The van der Waals surface area contributed by atoms with Crippen LogP contribution in [0.15, 0.2) is 39.8 Å². The molecule has 31 heavy (non-hydrogen) atoms. The van der Waals surface area contributed by atoms with Crippen LogP contribution in [-0.4, -0.2) is 41.5 Å². The molecule has 2 aromatic rings. The van der Waals surface area contributed by atoms with Crippen molar-refractivity contribution in [3.05, 3.63) is 51.9 Å². The molecule has 0 aromatic carbocycles. The van der Waals surface area contributed by atoms with Crippen molar-refractivity contribution in [2.75, 3.05) is 19.6 Å². The van der Waals surface area contributed by atoms with Crippen molar-refractivity contribution in [2.45, 2.75) is 57.4 Å². The number of carbonyl (C=O) groups excluding carboxylic acids is 2. The Kier molecular flexibility index (Phi) is 7.40. The number of allylic oxidation sites excluding steroid dienone is 1. The second-order valence-electron chi connectivity index (χ2n) is 8.18. The third kappa shape index (κ3) is 5.97. The summed E-state index contributed by atoms with van der Waals surface area (Å²) in [6.45, 7) is 2.51. The van der Waals surface area contributed by atoms with Crippen LogP contribution in [0.4, 0.5) is 4.79 Å². The summed E-state index contributed by atoms with van der Waals surface area (Å²) < 4.78 is 5.23. The lowest BCUT2D eigenvalue weighted by molar-refractivity contribution is 0.0943. The van der Waals surface area contributed by atoms with Crippen molar-refractivity contribution >= 4 is 23.3 Å². The van der Waals surface area contributed by atoms with Crippen molar-refractivity contribution in [1.82, 2.24) is 20.5 Å². The molecule has 1 aliphatic carbocycles. The van der Waals surface area contributed by atoms with Crippen LogP contribution < -0.4 is 10.6 Å². The molecule has 2 N–H and O–H groups in total. The zero-order chi connectivity index (χ0) is 21.5. The van der Waals surface area contributed by atoms with E-state index in [1.54, 1.807) is 12.3 Å². The molecule has 1 aliphatic heterocycles. The average molecular weight is 443 g/mol. The van der Waals surface area contributed by atoms with Crippen LogP contribution in [0.3, 0.4) is 0 Å². The van der Waals surface area contributed by atoms with Crippen molar-refractivity contribution in [3.63, 3.8) is 0 Å². The fourth-order valence-electron chi connectivity index (χ4n) is 4.15. The van der Waals surface area contributed by atoms with Gasteiger partial charge in [0.25, 0.3) is 5.91 Å². The van der Waals surface area contributed by atoms with Gasteiger partial charge in [-0.1, -0.05) is 11.6 Å². The average Bonchev–Trinajstić information content (AvgIpc) is 3.51. The number of amides is 3. The van der Waals surface area contributed by atoms with Gasteiger partial charge in [0, 0.05) is 30.9 Å². The van der Waals surface area contributed by atoms with Crippen LogP contribution in [0.25, 0.3) is 0 Å². The fourth-order valence-corrected chi connectivity index (χ4v) is 5.12. The molecular weight excluding hydrogens is 412 g/mol. The molecular formula is C23H30N4O3S. The van der Waals surface area contributed by atoms with E-state index in [9.17, 15) is 9.59 Å². The molecule has 1 saturated heterocycles. The van der Waals surface area contributed by atoms with E-state index in [1.165, 1.54) is 42.6 Å². The number of urea groups is 1. The Labute approximate surface area is 186 Å². The summed E-state index contributed by atoms with van der Waals surface area (Å²) >= 11 is 1.53. The molecule has 0 unspecified atom stereocenters. The second kappa shape index (κ2) is 10.6. The van der Waals surface area contributed by atoms with Gasteiger partial charge in [0.15, 0.2) is 0 Å². The number of piperidine rings is 1. The maximum absolute atomic E-state index is 12.5. The van der Waals surface area contributed by atoms with Crippen molar-refractivity contribution in [3.8, 4) is 0 Å². The van der Waals surface area contributed by atoms with Crippen molar-refractivity contribution in [1.29, 1.82) is 0 Å². The minimum Gasteiger partial charge on any atom is -0.467 e. The third-order valence-corrected chi connectivity index (χ3v) is 7.00. The first-order chi connectivity index (χ1) is 15.2. The molecule has 166 valence electrons. The lowest BCUT2D eigenvalue weighted by Crippen LogP contribution is -2.44. The van der Waals surface area contributed by atoms with E-state index in [4.69, 9.17) is 4.42 Å². The number of hydrogen-bond acceptors (Lipinski definition) is 5. The highest BCUT2D eigenvalue weighted by Gasteiger charge is 2.26. The number of aromatic nitrogens is 1. The molecule has 4 rings (SSSR count). The quantitative estimate of drug-likeness (QED) is 0.621. The highest BCUT2D eigenvalue weighted by Crippen LogP contribution is 2.30. The Morgan fingerprint density at radius 3 is 2.84 bits per heavy atom. The van der Waals surface area contributed by atoms with Gasteiger partial charge >= 0.3 is 6.03 Å². The highest BCUT2D eigenvalue weighted by molar-refractivity contribution is 7.09. The van der Waals surface area contributed by atoms with Gasteiger partial charge in [0.1, 0.15) is 11.5 Å². The van der Waals surface area contributed by atoms with E-state index < -0.39 is 0 Å². The maximum Gasteiger partial charge on any atom is 0.317 e. The number of carbonyl (C=O) groups is 2. The monoisotopic (exact) mass is 442 g/mol. The van der Waals surface area contributed by atoms with E-state index in [2.05, 4.69) is 21.7 Å². The van der Waals surface area contributed by atoms with E-state index in [-0.39, 0.29) is 11.9 Å². The van der Waals surface area contributed by atoms with Gasteiger partial charge in [-0.2, -0.15) is 0 Å². The molecule has 2 aromatic heterocycles. The zero-order valence-corrected chi connectivity index (χ0v) is 18.6. The largest absolute Gasteiger partial charge is 0.467 e. The Morgan fingerprint density at radius 1 is 1.23 bits per heavy atom. The molecule has 3 heterocycles. The summed E-state index contributed by atoms with van der Waals surface area (Å²) in [6, 6.07) is 3.65. The van der Waals surface area contributed by atoms with Gasteiger partial charge < -0.3 is 20.0 Å². The van der Waals surface area contributed by atoms with Gasteiger partial charge in [-0.25, -0.2) is 9.78 Å². The van der Waals surface area contributed by atoms with E-state index in [0.717, 1.165) is 37.4 Å². The molecule has 0 atom stereocenters. The maximum atomic E-state index is 12.5. The first kappa shape index (κ1) is 21.6. The summed E-state index contributed by atoms with van der Waals surface area (Å²) in [5.41, 5.74) is 1.93. The van der Waals surface area contributed by atoms with Crippen LogP contribution in [0.1, 0.15) is 72.1 Å². The summed E-state index contributed by atoms with van der Waals surface area (Å²) in [5, 5.41) is 8.69. The van der Waals surface area contributed by atoms with Crippen LogP contribution in [-0.2, 0) is 6.54 Å². The summed E-state index contributed by atoms with van der Waals surface area (Å²) in [5.74, 6) is 0.821. The SMILES string of the molecule is O=C(NCc1ccco1)c1csc(C2CCN(C(=O)NCCC3=CCCCC3)CC2)n1. The first-order valence-corrected chi connectivity index (χ1v) is 12.0. The topological polar surface area (TPSA) is 87.5 Å². The van der Waals surface area contributed by atoms with Crippen LogP contribution >= 0.6 is 11.3 Å². The molecule has 0 radical (unpaired) electrons. The smallest absolute Gasteiger partial charge is 0.317 e. The third-order valence-electron chi connectivity index (χ3n) is 6.00. The lowest BCUT2D eigenvalue weighted by atomic mass is 9.97. The number of thiazole rings is 1.